The van der Waals surface area contributed by atoms with Crippen LogP contribution in [0.1, 0.15) is 63.5 Å². The molecule has 3 N–H and O–H groups in total. The normalized spacial score (nSPS) is 12.1. The van der Waals surface area contributed by atoms with Gasteiger partial charge < -0.3 is 15.6 Å². The smallest absolute Gasteiger partial charge is 0.305 e. The van der Waals surface area contributed by atoms with Gasteiger partial charge in [0.25, 0.3) is 0 Å². The minimum atomic E-state index is -0.883. The van der Waals surface area contributed by atoms with Gasteiger partial charge in [-0.15, -0.1) is 0 Å². The molecule has 0 saturated carbocycles. The molecule has 0 aromatic heterocycles. The molecule has 118 valence electrons. The molecular formula is C17H27NO3. The molecule has 1 aromatic carbocycles. The second-order valence-electron chi connectivity index (χ2n) is 5.39. The molecule has 4 nitrogen and oxygen atoms in total. The summed E-state index contributed by atoms with van der Waals surface area (Å²) >= 11 is 0. The Balaban J connectivity index is 2.23. The van der Waals surface area contributed by atoms with E-state index in [9.17, 15) is 4.79 Å². The van der Waals surface area contributed by atoms with Crippen LogP contribution in [-0.2, 0) is 4.79 Å². The lowest BCUT2D eigenvalue weighted by atomic mass is 10.0. The van der Waals surface area contributed by atoms with E-state index in [-0.39, 0.29) is 6.42 Å². The van der Waals surface area contributed by atoms with Crippen LogP contribution in [0.3, 0.4) is 0 Å². The molecule has 0 saturated heterocycles. The first-order chi connectivity index (χ1) is 10.1. The second-order valence-corrected chi connectivity index (χ2v) is 5.39. The fourth-order valence-corrected chi connectivity index (χ4v) is 2.19. The summed E-state index contributed by atoms with van der Waals surface area (Å²) in [4.78, 5) is 10.6. The molecule has 21 heavy (non-hydrogen) atoms. The van der Waals surface area contributed by atoms with Crippen LogP contribution in [0.4, 0.5) is 0 Å². The maximum atomic E-state index is 10.6. The molecule has 1 rings (SSSR count). The number of hydrogen-bond donors (Lipinski definition) is 2. The highest BCUT2D eigenvalue weighted by Gasteiger charge is 2.10. The van der Waals surface area contributed by atoms with E-state index in [1.807, 2.05) is 24.3 Å². The standard InChI is InChI=1S/C17H27NO3/c1-2-3-4-5-6-7-12-21-15-10-8-14(9-11-15)16(18)13-17(19)20/h8-11,16H,2-7,12-13,18H2,1H3,(H,19,20). The van der Waals surface area contributed by atoms with Crippen molar-refractivity contribution in [2.75, 3.05) is 6.61 Å². The fourth-order valence-electron chi connectivity index (χ4n) is 2.19. The number of benzene rings is 1. The molecule has 0 aliphatic heterocycles. The lowest BCUT2D eigenvalue weighted by molar-refractivity contribution is -0.137. The zero-order chi connectivity index (χ0) is 15.5. The highest BCUT2D eigenvalue weighted by atomic mass is 16.5. The predicted molar refractivity (Wildman–Crippen MR) is 84.5 cm³/mol. The summed E-state index contributed by atoms with van der Waals surface area (Å²) in [5.74, 6) is -0.0688. The summed E-state index contributed by atoms with van der Waals surface area (Å²) in [5.41, 5.74) is 6.63. The van der Waals surface area contributed by atoms with Crippen LogP contribution in [0.25, 0.3) is 0 Å². The number of ether oxygens (including phenoxy) is 1. The van der Waals surface area contributed by atoms with Crippen molar-refractivity contribution in [3.05, 3.63) is 29.8 Å². The number of hydrogen-bond acceptors (Lipinski definition) is 3. The quantitative estimate of drug-likeness (QED) is 0.607. The number of rotatable bonds is 11. The summed E-state index contributed by atoms with van der Waals surface area (Å²) in [6.45, 7) is 2.95. The van der Waals surface area contributed by atoms with Crippen molar-refractivity contribution in [2.45, 2.75) is 57.9 Å². The highest BCUT2D eigenvalue weighted by Crippen LogP contribution is 2.19. The Morgan fingerprint density at radius 3 is 2.38 bits per heavy atom. The average Bonchev–Trinajstić information content (AvgIpc) is 2.46. The molecule has 0 bridgehead atoms. The lowest BCUT2D eigenvalue weighted by Gasteiger charge is -2.11. The molecule has 0 aliphatic rings. The van der Waals surface area contributed by atoms with Crippen LogP contribution in [0.15, 0.2) is 24.3 Å². The Morgan fingerprint density at radius 2 is 1.76 bits per heavy atom. The Bertz CT molecular complexity index is 403. The number of aliphatic carboxylic acids is 1. The van der Waals surface area contributed by atoms with Crippen molar-refractivity contribution >= 4 is 5.97 Å². The molecule has 1 unspecified atom stereocenters. The first-order valence-electron chi connectivity index (χ1n) is 7.83. The Kier molecular flexibility index (Phi) is 8.51. The minimum Gasteiger partial charge on any atom is -0.494 e. The van der Waals surface area contributed by atoms with Gasteiger partial charge in [-0.05, 0) is 24.1 Å². The van der Waals surface area contributed by atoms with Gasteiger partial charge in [-0.1, -0.05) is 51.2 Å². The van der Waals surface area contributed by atoms with Crippen molar-refractivity contribution < 1.29 is 14.6 Å². The van der Waals surface area contributed by atoms with E-state index < -0.39 is 12.0 Å². The Morgan fingerprint density at radius 1 is 1.14 bits per heavy atom. The summed E-state index contributed by atoms with van der Waals surface area (Å²) in [5, 5.41) is 8.72. The van der Waals surface area contributed by atoms with Crippen molar-refractivity contribution in [3.63, 3.8) is 0 Å². The zero-order valence-electron chi connectivity index (χ0n) is 12.9. The molecular weight excluding hydrogens is 266 g/mol. The molecule has 0 spiro atoms. The van der Waals surface area contributed by atoms with Gasteiger partial charge in [-0.3, -0.25) is 4.79 Å². The number of unbranched alkanes of at least 4 members (excludes halogenated alkanes) is 5. The Hall–Kier alpha value is -1.55. The summed E-state index contributed by atoms with van der Waals surface area (Å²) in [7, 11) is 0. The fraction of sp³-hybridized carbons (Fsp3) is 0.588. The van der Waals surface area contributed by atoms with E-state index in [0.29, 0.717) is 0 Å². The highest BCUT2D eigenvalue weighted by molar-refractivity contribution is 5.67. The second kappa shape index (κ2) is 10.2. The van der Waals surface area contributed by atoms with Crippen LogP contribution < -0.4 is 10.5 Å². The molecule has 0 heterocycles. The van der Waals surface area contributed by atoms with E-state index in [0.717, 1.165) is 24.3 Å². The monoisotopic (exact) mass is 293 g/mol. The van der Waals surface area contributed by atoms with Gasteiger partial charge in [0.2, 0.25) is 0 Å². The SMILES string of the molecule is CCCCCCCCOc1ccc(C(N)CC(=O)O)cc1. The summed E-state index contributed by atoms with van der Waals surface area (Å²) in [6, 6.07) is 6.92. The van der Waals surface area contributed by atoms with E-state index in [1.165, 1.54) is 32.1 Å². The van der Waals surface area contributed by atoms with Crippen LogP contribution in [0, 0.1) is 0 Å². The summed E-state index contributed by atoms with van der Waals surface area (Å²) in [6.07, 6.45) is 7.40. The van der Waals surface area contributed by atoms with Gasteiger partial charge in [0.1, 0.15) is 5.75 Å². The molecule has 1 atom stereocenters. The first kappa shape index (κ1) is 17.5. The third kappa shape index (κ3) is 7.71. The Labute approximate surface area is 127 Å². The van der Waals surface area contributed by atoms with Crippen molar-refractivity contribution in [2.24, 2.45) is 5.73 Å². The lowest BCUT2D eigenvalue weighted by Crippen LogP contribution is -2.14. The summed E-state index contributed by atoms with van der Waals surface area (Å²) < 4.78 is 5.67. The predicted octanol–water partition coefficient (Wildman–Crippen LogP) is 3.90. The molecule has 4 heteroatoms. The van der Waals surface area contributed by atoms with Gasteiger partial charge in [0, 0.05) is 6.04 Å². The topological polar surface area (TPSA) is 72.5 Å². The van der Waals surface area contributed by atoms with E-state index in [1.54, 1.807) is 0 Å². The van der Waals surface area contributed by atoms with E-state index in [2.05, 4.69) is 6.92 Å². The maximum absolute atomic E-state index is 10.6. The molecule has 0 amide bonds. The first-order valence-corrected chi connectivity index (χ1v) is 7.83. The van der Waals surface area contributed by atoms with Crippen LogP contribution in [-0.4, -0.2) is 17.7 Å². The van der Waals surface area contributed by atoms with Crippen LogP contribution in [0.2, 0.25) is 0 Å². The third-order valence-electron chi connectivity index (χ3n) is 3.47. The van der Waals surface area contributed by atoms with E-state index >= 15 is 0 Å². The molecule has 1 aromatic rings. The maximum Gasteiger partial charge on any atom is 0.305 e. The minimum absolute atomic E-state index is 0.0576. The van der Waals surface area contributed by atoms with Crippen molar-refractivity contribution in [3.8, 4) is 5.75 Å². The number of nitrogens with two attached hydrogens (primary N) is 1. The molecule has 0 radical (unpaired) electrons. The number of carboxylic acid groups (broad SMARTS) is 1. The van der Waals surface area contributed by atoms with Gasteiger partial charge in [0.15, 0.2) is 0 Å². The van der Waals surface area contributed by atoms with Gasteiger partial charge >= 0.3 is 5.97 Å². The van der Waals surface area contributed by atoms with Crippen LogP contribution >= 0.6 is 0 Å². The van der Waals surface area contributed by atoms with Crippen LogP contribution in [0.5, 0.6) is 5.75 Å². The molecule has 0 aliphatic carbocycles. The van der Waals surface area contributed by atoms with Crippen molar-refractivity contribution in [1.29, 1.82) is 0 Å². The largest absolute Gasteiger partial charge is 0.494 e. The average molecular weight is 293 g/mol. The number of carbonyl (C=O) groups is 1. The van der Waals surface area contributed by atoms with Gasteiger partial charge in [0.05, 0.1) is 13.0 Å². The zero-order valence-corrected chi connectivity index (χ0v) is 12.9. The molecule has 0 fully saturated rings. The van der Waals surface area contributed by atoms with Crippen molar-refractivity contribution in [1.82, 2.24) is 0 Å². The van der Waals surface area contributed by atoms with E-state index in [4.69, 9.17) is 15.6 Å². The van der Waals surface area contributed by atoms with Gasteiger partial charge in [-0.2, -0.15) is 0 Å². The van der Waals surface area contributed by atoms with Gasteiger partial charge in [-0.25, -0.2) is 0 Å². The number of carboxylic acids is 1. The third-order valence-corrected chi connectivity index (χ3v) is 3.47.